The van der Waals surface area contributed by atoms with E-state index in [1.807, 2.05) is 0 Å². The molecule has 144 valence electrons. The monoisotopic (exact) mass is 400 g/mol. The first kappa shape index (κ1) is 24.1. The molecule has 1 fully saturated rings. The van der Waals surface area contributed by atoms with Gasteiger partial charge in [0.1, 0.15) is 5.75 Å². The summed E-state index contributed by atoms with van der Waals surface area (Å²) in [4.78, 5) is 2.12. The number of rotatable bonds is 6. The topological polar surface area (TPSA) is 24.5 Å². The lowest BCUT2D eigenvalue weighted by molar-refractivity contribution is -0.139. The minimum absolute atomic E-state index is 0. The first-order valence-corrected chi connectivity index (χ1v) is 7.78. The van der Waals surface area contributed by atoms with Crippen LogP contribution in [0.1, 0.15) is 30.0 Å². The summed E-state index contributed by atoms with van der Waals surface area (Å²) in [6, 6.07) is 3.99. The molecule has 8 heteroatoms. The number of halogens is 5. The SMILES string of the molecule is C=CCC[C@@H](c1ccc(OC)cc1C(F)(F)F)N1CCNCC1.Cl.Cl. The minimum atomic E-state index is -4.40. The largest absolute Gasteiger partial charge is 0.497 e. The summed E-state index contributed by atoms with van der Waals surface area (Å²) in [6.45, 7) is 6.77. The fraction of sp³-hybridized carbons (Fsp3) is 0.529. The van der Waals surface area contributed by atoms with Crippen LogP contribution in [-0.4, -0.2) is 38.2 Å². The summed E-state index contributed by atoms with van der Waals surface area (Å²) in [5.74, 6) is 0.226. The second-order valence-corrected chi connectivity index (χ2v) is 5.62. The number of allylic oxidation sites excluding steroid dienone is 1. The summed E-state index contributed by atoms with van der Waals surface area (Å²) in [5, 5.41) is 3.24. The molecule has 0 bridgehead atoms. The van der Waals surface area contributed by atoms with Crippen LogP contribution in [-0.2, 0) is 6.18 Å². The lowest BCUT2D eigenvalue weighted by atomic mass is 9.94. The van der Waals surface area contributed by atoms with Crippen molar-refractivity contribution in [1.82, 2.24) is 10.2 Å². The molecule has 1 N–H and O–H groups in total. The summed E-state index contributed by atoms with van der Waals surface area (Å²) < 4.78 is 45.5. The molecule has 1 aliphatic heterocycles. The van der Waals surface area contributed by atoms with Crippen molar-refractivity contribution >= 4 is 24.8 Å². The number of methoxy groups -OCH3 is 1. The van der Waals surface area contributed by atoms with Gasteiger partial charge < -0.3 is 10.1 Å². The quantitative estimate of drug-likeness (QED) is 0.712. The lowest BCUT2D eigenvalue weighted by Crippen LogP contribution is -2.45. The predicted molar refractivity (Wildman–Crippen MR) is 99.1 cm³/mol. The van der Waals surface area contributed by atoms with E-state index in [9.17, 15) is 13.2 Å². The first-order chi connectivity index (χ1) is 11.0. The molecule has 0 unspecified atom stereocenters. The number of benzene rings is 1. The summed E-state index contributed by atoms with van der Waals surface area (Å²) in [7, 11) is 1.38. The molecule has 25 heavy (non-hydrogen) atoms. The van der Waals surface area contributed by atoms with Gasteiger partial charge in [-0.25, -0.2) is 0 Å². The Balaban J connectivity index is 0.00000288. The number of nitrogens with zero attached hydrogens (tertiary/aromatic N) is 1. The molecule has 1 heterocycles. The highest BCUT2D eigenvalue weighted by atomic mass is 35.5. The van der Waals surface area contributed by atoms with Crippen LogP contribution in [0.2, 0.25) is 0 Å². The molecule has 0 aliphatic carbocycles. The zero-order valence-electron chi connectivity index (χ0n) is 14.1. The van der Waals surface area contributed by atoms with Crippen LogP contribution in [0, 0.1) is 0 Å². The van der Waals surface area contributed by atoms with Crippen LogP contribution in [0.25, 0.3) is 0 Å². The van der Waals surface area contributed by atoms with Gasteiger partial charge in [-0.1, -0.05) is 12.1 Å². The Bertz CT molecular complexity index is 535. The Morgan fingerprint density at radius 2 is 1.92 bits per heavy atom. The maximum Gasteiger partial charge on any atom is 0.416 e. The van der Waals surface area contributed by atoms with E-state index in [0.29, 0.717) is 18.4 Å². The second-order valence-electron chi connectivity index (χ2n) is 5.62. The molecule has 0 spiro atoms. The van der Waals surface area contributed by atoms with Gasteiger partial charge in [-0.3, -0.25) is 4.90 Å². The van der Waals surface area contributed by atoms with Gasteiger partial charge in [0.2, 0.25) is 0 Å². The van der Waals surface area contributed by atoms with Crippen molar-refractivity contribution in [2.75, 3.05) is 33.3 Å². The molecule has 1 aromatic rings. The van der Waals surface area contributed by atoms with E-state index in [4.69, 9.17) is 4.74 Å². The van der Waals surface area contributed by atoms with Crippen LogP contribution < -0.4 is 10.1 Å². The van der Waals surface area contributed by atoms with E-state index in [-0.39, 0.29) is 36.6 Å². The fourth-order valence-electron chi connectivity index (χ4n) is 3.00. The smallest absolute Gasteiger partial charge is 0.416 e. The van der Waals surface area contributed by atoms with Gasteiger partial charge in [-0.05, 0) is 30.5 Å². The Kier molecular flexibility index (Phi) is 10.5. The number of nitrogens with one attached hydrogen (secondary N) is 1. The zero-order valence-corrected chi connectivity index (χ0v) is 15.8. The normalized spacial score (nSPS) is 16.3. The number of hydrogen-bond donors (Lipinski definition) is 1. The summed E-state index contributed by atoms with van der Waals surface area (Å²) >= 11 is 0. The molecule has 2 rings (SSSR count). The standard InChI is InChI=1S/C17H23F3N2O.2ClH/c1-3-4-5-16(22-10-8-21-9-11-22)14-7-6-13(23-2)12-15(14)17(18,19)20;;/h3,6-7,12,16,21H,1,4-5,8-11H2,2H3;2*1H/t16-;;/m0../s1. The van der Waals surface area contributed by atoms with Crippen molar-refractivity contribution in [3.05, 3.63) is 42.0 Å². The van der Waals surface area contributed by atoms with Gasteiger partial charge in [-0.2, -0.15) is 13.2 Å². The van der Waals surface area contributed by atoms with Crippen LogP contribution in [0.4, 0.5) is 13.2 Å². The fourth-order valence-corrected chi connectivity index (χ4v) is 3.00. The number of ether oxygens (including phenoxy) is 1. The highest BCUT2D eigenvalue weighted by Gasteiger charge is 2.37. The highest BCUT2D eigenvalue weighted by Crippen LogP contribution is 2.40. The Hall–Kier alpha value is -0.950. The maximum atomic E-state index is 13.5. The van der Waals surface area contributed by atoms with Gasteiger partial charge in [0, 0.05) is 32.2 Å². The predicted octanol–water partition coefficient (Wildman–Crippen LogP) is 4.47. The molecule has 1 aliphatic rings. The average molecular weight is 401 g/mol. The maximum absolute atomic E-state index is 13.5. The molecule has 0 aromatic heterocycles. The van der Waals surface area contributed by atoms with Gasteiger partial charge in [0.05, 0.1) is 12.7 Å². The molecule has 1 saturated heterocycles. The molecule has 0 radical (unpaired) electrons. The minimum Gasteiger partial charge on any atom is -0.497 e. The van der Waals surface area contributed by atoms with Gasteiger partial charge in [0.15, 0.2) is 0 Å². The van der Waals surface area contributed by atoms with Crippen LogP contribution in [0.5, 0.6) is 5.75 Å². The van der Waals surface area contributed by atoms with Crippen LogP contribution >= 0.6 is 24.8 Å². The number of hydrogen-bond acceptors (Lipinski definition) is 3. The third kappa shape index (κ3) is 6.37. The van der Waals surface area contributed by atoms with Crippen molar-refractivity contribution in [3.63, 3.8) is 0 Å². The van der Waals surface area contributed by atoms with Crippen molar-refractivity contribution in [3.8, 4) is 5.75 Å². The summed E-state index contributed by atoms with van der Waals surface area (Å²) in [5.41, 5.74) is -0.286. The van der Waals surface area contributed by atoms with E-state index in [2.05, 4.69) is 16.8 Å². The third-order valence-corrected chi connectivity index (χ3v) is 4.16. The lowest BCUT2D eigenvalue weighted by Gasteiger charge is -2.36. The van der Waals surface area contributed by atoms with Crippen LogP contribution in [0.3, 0.4) is 0 Å². The molecular formula is C17H25Cl2F3N2O. The molecule has 3 nitrogen and oxygen atoms in total. The van der Waals surface area contributed by atoms with E-state index in [1.165, 1.54) is 7.11 Å². The van der Waals surface area contributed by atoms with Crippen molar-refractivity contribution in [2.24, 2.45) is 0 Å². The molecular weight excluding hydrogens is 376 g/mol. The van der Waals surface area contributed by atoms with Crippen molar-refractivity contribution in [1.29, 1.82) is 0 Å². The van der Waals surface area contributed by atoms with E-state index in [0.717, 1.165) is 32.2 Å². The second kappa shape index (κ2) is 10.9. The van der Waals surface area contributed by atoms with Gasteiger partial charge in [-0.15, -0.1) is 31.4 Å². The molecule has 1 atom stereocenters. The molecule has 0 saturated carbocycles. The Morgan fingerprint density at radius 3 is 2.44 bits per heavy atom. The zero-order chi connectivity index (χ0) is 16.9. The summed E-state index contributed by atoms with van der Waals surface area (Å²) in [6.07, 6.45) is -1.34. The van der Waals surface area contributed by atoms with Gasteiger partial charge >= 0.3 is 6.18 Å². The van der Waals surface area contributed by atoms with Gasteiger partial charge in [0.25, 0.3) is 0 Å². The third-order valence-electron chi connectivity index (χ3n) is 4.16. The van der Waals surface area contributed by atoms with Crippen molar-refractivity contribution < 1.29 is 17.9 Å². The van der Waals surface area contributed by atoms with E-state index < -0.39 is 11.7 Å². The van der Waals surface area contributed by atoms with Crippen LogP contribution in [0.15, 0.2) is 30.9 Å². The van der Waals surface area contributed by atoms with E-state index in [1.54, 1.807) is 18.2 Å². The van der Waals surface area contributed by atoms with Crippen molar-refractivity contribution in [2.45, 2.75) is 25.1 Å². The molecule has 1 aromatic carbocycles. The molecule has 0 amide bonds. The number of alkyl halides is 3. The van der Waals surface area contributed by atoms with E-state index >= 15 is 0 Å². The highest BCUT2D eigenvalue weighted by molar-refractivity contribution is 5.85. The Morgan fingerprint density at radius 1 is 1.28 bits per heavy atom. The number of piperazine rings is 1. The Labute approximate surface area is 159 Å². The first-order valence-electron chi connectivity index (χ1n) is 7.78. The average Bonchev–Trinajstić information content (AvgIpc) is 2.55.